The van der Waals surface area contributed by atoms with E-state index in [4.69, 9.17) is 33.5 Å². The highest BCUT2D eigenvalue weighted by Gasteiger charge is 2.45. The molecular weight excluding hydrogens is 357 g/mol. The summed E-state index contributed by atoms with van der Waals surface area (Å²) in [5.41, 5.74) is 7.11. The first-order chi connectivity index (χ1) is 10.5. The van der Waals surface area contributed by atoms with Crippen LogP contribution in [0.3, 0.4) is 0 Å². The van der Waals surface area contributed by atoms with Gasteiger partial charge in [-0.15, -0.1) is 12.4 Å². The van der Waals surface area contributed by atoms with Gasteiger partial charge in [-0.05, 0) is 48.9 Å². The van der Waals surface area contributed by atoms with Crippen molar-refractivity contribution in [2.24, 2.45) is 5.73 Å². The van der Waals surface area contributed by atoms with E-state index in [0.717, 1.165) is 37.7 Å². The smallest absolute Gasteiger partial charge is 0.230 e. The molecule has 1 aromatic heterocycles. The molecule has 2 aliphatic carbocycles. The van der Waals surface area contributed by atoms with Crippen molar-refractivity contribution in [3.63, 3.8) is 0 Å². The maximum absolute atomic E-state index is 6.38. The molecule has 2 aliphatic rings. The van der Waals surface area contributed by atoms with Crippen molar-refractivity contribution < 1.29 is 4.52 Å². The van der Waals surface area contributed by atoms with Crippen molar-refractivity contribution in [2.75, 3.05) is 0 Å². The molecule has 2 atom stereocenters. The number of halogens is 3. The van der Waals surface area contributed by atoms with Crippen molar-refractivity contribution in [2.45, 2.75) is 49.5 Å². The Kier molecular flexibility index (Phi) is 4.62. The van der Waals surface area contributed by atoms with E-state index in [-0.39, 0.29) is 18.3 Å². The molecule has 1 aromatic carbocycles. The lowest BCUT2D eigenvalue weighted by Crippen LogP contribution is -2.34. The monoisotopic (exact) mass is 373 g/mol. The van der Waals surface area contributed by atoms with E-state index in [9.17, 15) is 0 Å². The predicted octanol–water partition coefficient (Wildman–Crippen LogP) is 4.80. The normalized spacial score (nSPS) is 25.2. The predicted molar refractivity (Wildman–Crippen MR) is 92.4 cm³/mol. The Morgan fingerprint density at radius 3 is 2.39 bits per heavy atom. The lowest BCUT2D eigenvalue weighted by Gasteiger charge is -2.17. The van der Waals surface area contributed by atoms with Gasteiger partial charge in [-0.3, -0.25) is 0 Å². The quantitative estimate of drug-likeness (QED) is 0.838. The van der Waals surface area contributed by atoms with Crippen LogP contribution in [-0.2, 0) is 5.54 Å². The third kappa shape index (κ3) is 3.22. The number of hydrogen-bond donors (Lipinski definition) is 1. The van der Waals surface area contributed by atoms with Crippen LogP contribution in [0.4, 0.5) is 0 Å². The third-order valence-electron chi connectivity index (χ3n) is 4.80. The molecule has 4 nitrogen and oxygen atoms in total. The van der Waals surface area contributed by atoms with Crippen LogP contribution in [0, 0.1) is 0 Å². The van der Waals surface area contributed by atoms with Gasteiger partial charge in [-0.1, -0.05) is 41.2 Å². The summed E-state index contributed by atoms with van der Waals surface area (Å²) in [4.78, 5) is 4.58. The zero-order valence-electron chi connectivity index (χ0n) is 12.5. The number of benzene rings is 1. The molecule has 7 heteroatoms. The van der Waals surface area contributed by atoms with E-state index >= 15 is 0 Å². The van der Waals surface area contributed by atoms with Crippen LogP contribution in [0.15, 0.2) is 22.7 Å². The Morgan fingerprint density at radius 1 is 1.09 bits per heavy atom. The maximum atomic E-state index is 6.38. The highest BCUT2D eigenvalue weighted by atomic mass is 35.5. The second kappa shape index (κ2) is 6.25. The van der Waals surface area contributed by atoms with Crippen LogP contribution in [0.1, 0.15) is 61.2 Å². The summed E-state index contributed by atoms with van der Waals surface area (Å²) in [5, 5.41) is 5.45. The van der Waals surface area contributed by atoms with E-state index in [0.29, 0.717) is 27.7 Å². The van der Waals surface area contributed by atoms with Crippen molar-refractivity contribution in [1.29, 1.82) is 0 Å². The number of nitrogens with two attached hydrogens (primary N) is 1. The molecule has 2 unspecified atom stereocenters. The van der Waals surface area contributed by atoms with Crippen molar-refractivity contribution >= 4 is 35.6 Å². The number of nitrogens with zero attached hydrogens (tertiary/aromatic N) is 2. The van der Waals surface area contributed by atoms with E-state index in [2.05, 4.69) is 10.1 Å². The molecule has 0 bridgehead atoms. The van der Waals surface area contributed by atoms with Gasteiger partial charge in [0.25, 0.3) is 0 Å². The molecule has 2 fully saturated rings. The van der Waals surface area contributed by atoms with Gasteiger partial charge in [0, 0.05) is 16.0 Å². The van der Waals surface area contributed by atoms with Crippen LogP contribution < -0.4 is 5.73 Å². The fourth-order valence-electron chi connectivity index (χ4n) is 3.44. The summed E-state index contributed by atoms with van der Waals surface area (Å²) in [6, 6.07) is 5.65. The molecule has 0 amide bonds. The van der Waals surface area contributed by atoms with Crippen molar-refractivity contribution in [3.05, 3.63) is 45.5 Å². The summed E-state index contributed by atoms with van der Waals surface area (Å²) in [7, 11) is 0. The molecule has 0 aliphatic heterocycles. The Balaban J connectivity index is 0.00000156. The standard InChI is InChI=1S/C16H17Cl2N3O.ClH/c17-10-5-9(6-11(18)7-10)12-8-13(12)14-20-15(21-22-14)16(19)3-1-2-4-16;/h5-7,12-13H,1-4,8,19H2;1H. The number of rotatable bonds is 3. The summed E-state index contributed by atoms with van der Waals surface area (Å²) in [6.45, 7) is 0. The zero-order valence-corrected chi connectivity index (χ0v) is 14.8. The highest BCUT2D eigenvalue weighted by molar-refractivity contribution is 6.34. The highest BCUT2D eigenvalue weighted by Crippen LogP contribution is 2.55. The van der Waals surface area contributed by atoms with E-state index in [1.807, 2.05) is 12.1 Å². The topological polar surface area (TPSA) is 64.9 Å². The molecule has 0 saturated heterocycles. The Hall–Kier alpha value is -0.810. The first kappa shape index (κ1) is 17.0. The van der Waals surface area contributed by atoms with E-state index in [1.54, 1.807) is 6.07 Å². The van der Waals surface area contributed by atoms with Gasteiger partial charge in [0.05, 0.1) is 5.54 Å². The fraction of sp³-hybridized carbons (Fsp3) is 0.500. The molecular formula is C16H18Cl3N3O. The maximum Gasteiger partial charge on any atom is 0.230 e. The Labute approximate surface area is 151 Å². The average Bonchev–Trinajstić information content (AvgIpc) is 2.90. The molecule has 0 radical (unpaired) electrons. The van der Waals surface area contributed by atoms with Gasteiger partial charge < -0.3 is 10.3 Å². The molecule has 2 saturated carbocycles. The lowest BCUT2D eigenvalue weighted by atomic mass is 9.99. The summed E-state index contributed by atoms with van der Waals surface area (Å²) in [6.07, 6.45) is 5.12. The zero-order chi connectivity index (χ0) is 15.3. The molecule has 2 aromatic rings. The second-order valence-corrected chi connectivity index (χ2v) is 7.34. The van der Waals surface area contributed by atoms with Crippen molar-refractivity contribution in [1.82, 2.24) is 10.1 Å². The van der Waals surface area contributed by atoms with Gasteiger partial charge in [0.1, 0.15) is 0 Å². The summed E-state index contributed by atoms with van der Waals surface area (Å²) in [5.74, 6) is 1.95. The SMILES string of the molecule is Cl.NC1(c2noc(C3CC3c3cc(Cl)cc(Cl)c3)n2)CCCC1. The second-order valence-electron chi connectivity index (χ2n) is 6.47. The van der Waals surface area contributed by atoms with Crippen LogP contribution in [0.25, 0.3) is 0 Å². The van der Waals surface area contributed by atoms with Gasteiger partial charge in [0.15, 0.2) is 5.82 Å². The Bertz CT molecular complexity index is 692. The minimum absolute atomic E-state index is 0. The minimum Gasteiger partial charge on any atom is -0.339 e. The minimum atomic E-state index is -0.397. The molecule has 23 heavy (non-hydrogen) atoms. The molecule has 0 spiro atoms. The van der Waals surface area contributed by atoms with Gasteiger partial charge in [-0.2, -0.15) is 4.98 Å². The summed E-state index contributed by atoms with van der Waals surface area (Å²) < 4.78 is 5.47. The first-order valence-corrected chi connectivity index (χ1v) is 8.40. The van der Waals surface area contributed by atoms with Crippen LogP contribution in [0.5, 0.6) is 0 Å². The largest absolute Gasteiger partial charge is 0.339 e. The Morgan fingerprint density at radius 2 is 1.74 bits per heavy atom. The summed E-state index contributed by atoms with van der Waals surface area (Å²) >= 11 is 12.1. The molecule has 1 heterocycles. The van der Waals surface area contributed by atoms with Crippen molar-refractivity contribution in [3.8, 4) is 0 Å². The molecule has 124 valence electrons. The first-order valence-electron chi connectivity index (χ1n) is 7.64. The molecule has 2 N–H and O–H groups in total. The van der Waals surface area contributed by atoms with Gasteiger partial charge in [-0.25, -0.2) is 0 Å². The lowest BCUT2D eigenvalue weighted by molar-refractivity contribution is 0.348. The van der Waals surface area contributed by atoms with Crippen LogP contribution in [0.2, 0.25) is 10.0 Å². The van der Waals surface area contributed by atoms with E-state index in [1.165, 1.54) is 0 Å². The average molecular weight is 375 g/mol. The van der Waals surface area contributed by atoms with Gasteiger partial charge >= 0.3 is 0 Å². The van der Waals surface area contributed by atoms with Gasteiger partial charge in [0.2, 0.25) is 5.89 Å². The number of hydrogen-bond acceptors (Lipinski definition) is 4. The van der Waals surface area contributed by atoms with Crippen LogP contribution in [-0.4, -0.2) is 10.1 Å². The third-order valence-corrected chi connectivity index (χ3v) is 5.24. The molecule has 4 rings (SSSR count). The number of aromatic nitrogens is 2. The fourth-order valence-corrected chi connectivity index (χ4v) is 3.99. The van der Waals surface area contributed by atoms with E-state index < -0.39 is 5.54 Å². The van der Waals surface area contributed by atoms with Crippen LogP contribution >= 0.6 is 35.6 Å².